The summed E-state index contributed by atoms with van der Waals surface area (Å²) in [7, 11) is 0. The number of anilines is 1. The third-order valence-corrected chi connectivity index (χ3v) is 7.79. The number of likely N-dealkylation sites (tertiary alicyclic amines) is 1. The third-order valence-electron chi connectivity index (χ3n) is 7.79. The Balaban J connectivity index is 1.10. The van der Waals surface area contributed by atoms with Crippen molar-refractivity contribution in [3.63, 3.8) is 0 Å². The summed E-state index contributed by atoms with van der Waals surface area (Å²) in [6.45, 7) is 4.66. The molecule has 2 saturated heterocycles. The van der Waals surface area contributed by atoms with Crippen LogP contribution in [0, 0.1) is 17.6 Å². The van der Waals surface area contributed by atoms with Crippen molar-refractivity contribution in [2.24, 2.45) is 5.92 Å². The fourth-order valence-electron chi connectivity index (χ4n) is 5.77. The van der Waals surface area contributed by atoms with Crippen LogP contribution in [0.1, 0.15) is 24.8 Å². The van der Waals surface area contributed by atoms with Crippen LogP contribution in [0.4, 0.5) is 14.6 Å². The van der Waals surface area contributed by atoms with Crippen LogP contribution in [-0.4, -0.2) is 67.8 Å². The monoisotopic (exact) mass is 564 g/mol. The van der Waals surface area contributed by atoms with Gasteiger partial charge in [-0.15, -0.1) is 0 Å². The zero-order valence-electron chi connectivity index (χ0n) is 22.9. The van der Waals surface area contributed by atoms with E-state index >= 15 is 0 Å². The largest absolute Gasteiger partial charge is 0.486 e. The second kappa shape index (κ2) is 12.3. The van der Waals surface area contributed by atoms with Crippen molar-refractivity contribution >= 4 is 11.7 Å². The third kappa shape index (κ3) is 6.70. The van der Waals surface area contributed by atoms with Crippen molar-refractivity contribution in [1.82, 2.24) is 15.2 Å². The Labute approximate surface area is 238 Å². The van der Waals surface area contributed by atoms with Crippen molar-refractivity contribution in [2.45, 2.75) is 31.7 Å². The molecule has 0 aliphatic carbocycles. The van der Waals surface area contributed by atoms with Gasteiger partial charge >= 0.3 is 0 Å². The summed E-state index contributed by atoms with van der Waals surface area (Å²) in [5.74, 6) is 1.23. The first-order valence-corrected chi connectivity index (χ1v) is 14.3. The molecule has 2 aromatic carbocycles. The molecule has 0 saturated carbocycles. The highest BCUT2D eigenvalue weighted by atomic mass is 19.1. The summed E-state index contributed by atoms with van der Waals surface area (Å²) in [6.07, 6.45) is 3.49. The molecule has 3 aliphatic rings. The highest BCUT2D eigenvalue weighted by molar-refractivity contribution is 5.80. The van der Waals surface area contributed by atoms with E-state index in [-0.39, 0.29) is 29.4 Å². The maximum absolute atomic E-state index is 14.7. The smallest absolute Gasteiger partial charge is 0.225 e. The normalized spacial score (nSPS) is 19.3. The zero-order chi connectivity index (χ0) is 28.2. The van der Waals surface area contributed by atoms with Gasteiger partial charge in [0.25, 0.3) is 0 Å². The van der Waals surface area contributed by atoms with Crippen molar-refractivity contribution in [2.75, 3.05) is 50.8 Å². The number of nitrogens with one attached hydrogen (secondary N) is 1. The molecule has 216 valence electrons. The topological polar surface area (TPSA) is 76.2 Å². The first kappa shape index (κ1) is 27.3. The van der Waals surface area contributed by atoms with E-state index in [0.717, 1.165) is 37.3 Å². The van der Waals surface area contributed by atoms with E-state index in [9.17, 15) is 13.6 Å². The maximum atomic E-state index is 14.7. The Morgan fingerprint density at radius 3 is 2.68 bits per heavy atom. The second-order valence-electron chi connectivity index (χ2n) is 10.8. The Bertz CT molecular complexity index is 1370. The van der Waals surface area contributed by atoms with Crippen molar-refractivity contribution < 1.29 is 27.8 Å². The lowest BCUT2D eigenvalue weighted by atomic mass is 10.0. The number of nitrogens with zero attached hydrogens (tertiary/aromatic N) is 3. The summed E-state index contributed by atoms with van der Waals surface area (Å²) in [4.78, 5) is 22.5. The van der Waals surface area contributed by atoms with Gasteiger partial charge in [0, 0.05) is 31.7 Å². The number of carbonyl (C=O) groups is 1. The summed E-state index contributed by atoms with van der Waals surface area (Å²) in [6, 6.07) is 14.4. The van der Waals surface area contributed by atoms with Gasteiger partial charge in [-0.25, -0.2) is 8.78 Å². The molecule has 0 bridgehead atoms. The molecule has 0 spiro atoms. The number of hydrogen-bond acceptors (Lipinski definition) is 7. The number of amides is 1. The molecule has 10 heteroatoms. The summed E-state index contributed by atoms with van der Waals surface area (Å²) in [5.41, 5.74) is 0.770. The number of rotatable bonds is 9. The molecule has 3 aliphatic heterocycles. The van der Waals surface area contributed by atoms with Crippen LogP contribution >= 0.6 is 0 Å². The van der Waals surface area contributed by atoms with Crippen LogP contribution in [0.25, 0.3) is 0 Å². The lowest BCUT2D eigenvalue weighted by molar-refractivity contribution is -0.125. The number of pyridine rings is 1. The van der Waals surface area contributed by atoms with E-state index in [1.54, 1.807) is 18.2 Å². The first-order chi connectivity index (χ1) is 20.0. The predicted octanol–water partition coefficient (Wildman–Crippen LogP) is 4.57. The molecule has 2 fully saturated rings. The molecule has 41 heavy (non-hydrogen) atoms. The van der Waals surface area contributed by atoms with E-state index in [1.807, 2.05) is 18.2 Å². The van der Waals surface area contributed by atoms with Gasteiger partial charge in [-0.1, -0.05) is 6.07 Å². The molecule has 6 rings (SSSR count). The number of ether oxygens (including phenoxy) is 3. The van der Waals surface area contributed by atoms with E-state index in [2.05, 4.69) is 20.1 Å². The average Bonchev–Trinajstić information content (AvgIpc) is 3.68. The molecular weight excluding hydrogens is 530 g/mol. The average molecular weight is 565 g/mol. The first-order valence-electron chi connectivity index (χ1n) is 14.3. The zero-order valence-corrected chi connectivity index (χ0v) is 22.9. The fourth-order valence-corrected chi connectivity index (χ4v) is 5.77. The van der Waals surface area contributed by atoms with Gasteiger partial charge in [0.1, 0.15) is 30.6 Å². The molecule has 1 amide bonds. The maximum Gasteiger partial charge on any atom is 0.225 e. The highest BCUT2D eigenvalue weighted by Crippen LogP contribution is 2.34. The van der Waals surface area contributed by atoms with Crippen LogP contribution in [0.2, 0.25) is 0 Å². The number of benzene rings is 2. The molecule has 4 heterocycles. The minimum Gasteiger partial charge on any atom is -0.486 e. The minimum atomic E-state index is -0.437. The Hall–Kier alpha value is -3.92. The van der Waals surface area contributed by atoms with E-state index in [1.165, 1.54) is 18.2 Å². The molecule has 3 aromatic rings. The quantitative estimate of drug-likeness (QED) is 0.408. The predicted molar refractivity (Wildman–Crippen MR) is 150 cm³/mol. The molecule has 2 atom stereocenters. The lowest BCUT2D eigenvalue weighted by Crippen LogP contribution is -2.47. The Morgan fingerprint density at radius 1 is 1.05 bits per heavy atom. The summed E-state index contributed by atoms with van der Waals surface area (Å²) < 4.78 is 44.8. The standard InChI is InChI=1S/C31H34F2N4O4/c32-23-6-8-25(9-7-23)41-29-5-3-4-28(35-29)37-13-10-22(19-37)31(38)34-24(20-36-11-1-2-12-36)16-21-17-26(33)30-27(18-21)39-14-15-40-30/h3-9,17-18,22,24H,1-2,10-16,19-20H2,(H,34,38)/t22-,24?/m1/s1. The number of hydrogen-bond donors (Lipinski definition) is 1. The molecule has 0 radical (unpaired) electrons. The molecule has 8 nitrogen and oxygen atoms in total. The Kier molecular flexibility index (Phi) is 8.18. The number of halogens is 2. The van der Waals surface area contributed by atoms with Crippen LogP contribution in [-0.2, 0) is 11.2 Å². The van der Waals surface area contributed by atoms with Crippen molar-refractivity contribution in [1.29, 1.82) is 0 Å². The fraction of sp³-hybridized carbons (Fsp3) is 0.419. The second-order valence-corrected chi connectivity index (χ2v) is 10.8. The van der Waals surface area contributed by atoms with E-state index in [0.29, 0.717) is 63.1 Å². The Morgan fingerprint density at radius 2 is 1.85 bits per heavy atom. The van der Waals surface area contributed by atoms with E-state index in [4.69, 9.17) is 14.2 Å². The van der Waals surface area contributed by atoms with Gasteiger partial charge in [-0.05, 0) is 86.8 Å². The molecule has 1 unspecified atom stereocenters. The summed E-state index contributed by atoms with van der Waals surface area (Å²) >= 11 is 0. The van der Waals surface area contributed by atoms with Gasteiger partial charge in [0.15, 0.2) is 17.3 Å². The van der Waals surface area contributed by atoms with Gasteiger partial charge in [-0.2, -0.15) is 4.98 Å². The van der Waals surface area contributed by atoms with Crippen LogP contribution in [0.3, 0.4) is 0 Å². The number of aromatic nitrogens is 1. The molecule has 1 aromatic heterocycles. The highest BCUT2D eigenvalue weighted by Gasteiger charge is 2.31. The number of fused-ring (bicyclic) bond motifs is 1. The lowest BCUT2D eigenvalue weighted by Gasteiger charge is -2.27. The van der Waals surface area contributed by atoms with Crippen LogP contribution in [0.15, 0.2) is 54.6 Å². The van der Waals surface area contributed by atoms with Gasteiger partial charge in [0.05, 0.1) is 5.92 Å². The van der Waals surface area contributed by atoms with Gasteiger partial charge < -0.3 is 29.3 Å². The van der Waals surface area contributed by atoms with E-state index < -0.39 is 5.82 Å². The van der Waals surface area contributed by atoms with Crippen LogP contribution < -0.4 is 24.4 Å². The SMILES string of the molecule is O=C(NC(Cc1cc(F)c2c(c1)OCCO2)CN1CCCC1)[C@@H]1CCN(c2cccc(Oc3ccc(F)cc3)n2)C1. The summed E-state index contributed by atoms with van der Waals surface area (Å²) in [5, 5.41) is 3.28. The minimum absolute atomic E-state index is 0.00608. The number of carbonyl (C=O) groups excluding carboxylic acids is 1. The molecular formula is C31H34F2N4O4. The molecule has 1 N–H and O–H groups in total. The van der Waals surface area contributed by atoms with Crippen molar-refractivity contribution in [3.05, 3.63) is 71.8 Å². The van der Waals surface area contributed by atoms with Crippen LogP contribution in [0.5, 0.6) is 23.1 Å². The van der Waals surface area contributed by atoms with Gasteiger partial charge in [0.2, 0.25) is 11.8 Å². The van der Waals surface area contributed by atoms with Gasteiger partial charge in [-0.3, -0.25) is 4.79 Å². The van der Waals surface area contributed by atoms with Crippen molar-refractivity contribution in [3.8, 4) is 23.1 Å².